The maximum atomic E-state index is 12.0. The summed E-state index contributed by atoms with van der Waals surface area (Å²) in [6.45, 7) is 8.27. The zero-order chi connectivity index (χ0) is 17.7. The number of ether oxygens (including phenoxy) is 1. The first kappa shape index (κ1) is 18.5. The molecule has 0 saturated heterocycles. The highest BCUT2D eigenvalue weighted by Gasteiger charge is 2.28. The van der Waals surface area contributed by atoms with Gasteiger partial charge in [-0.25, -0.2) is 0 Å². The van der Waals surface area contributed by atoms with Crippen LogP contribution >= 0.6 is 0 Å². The molecule has 0 radical (unpaired) electrons. The number of hydrogen-bond acceptors (Lipinski definition) is 3. The predicted octanol–water partition coefficient (Wildman–Crippen LogP) is 3.33. The van der Waals surface area contributed by atoms with Crippen LogP contribution in [0.2, 0.25) is 0 Å². The molecule has 3 atom stereocenters. The molecule has 1 amide bonds. The average Bonchev–Trinajstić information content (AvgIpc) is 2.53. The van der Waals surface area contributed by atoms with Gasteiger partial charge in [0.1, 0.15) is 0 Å². The maximum absolute atomic E-state index is 12.0. The molecule has 4 nitrogen and oxygen atoms in total. The third-order valence-electron chi connectivity index (χ3n) is 5.34. The number of nitrogens with one attached hydrogen (secondary N) is 1. The van der Waals surface area contributed by atoms with Gasteiger partial charge in [0.2, 0.25) is 0 Å². The molecule has 1 aliphatic carbocycles. The number of hydrogen-bond donors (Lipinski definition) is 1. The number of carbonyl (C=O) groups excluding carboxylic acids is 2. The molecule has 4 heteroatoms. The Labute approximate surface area is 145 Å². The van der Waals surface area contributed by atoms with Crippen LogP contribution < -0.4 is 5.32 Å². The highest BCUT2D eigenvalue weighted by Crippen LogP contribution is 2.29. The predicted molar refractivity (Wildman–Crippen MR) is 94.7 cm³/mol. The van der Waals surface area contributed by atoms with Crippen molar-refractivity contribution < 1.29 is 14.3 Å². The lowest BCUT2D eigenvalue weighted by molar-refractivity contribution is -0.148. The SMILES string of the molecule is Cc1ccc(CC(=O)OCC(=O)N[C@H]2CCC[C@@H](C)[C@@H]2C)cc1C. The quantitative estimate of drug-likeness (QED) is 0.842. The lowest BCUT2D eigenvalue weighted by Crippen LogP contribution is -2.45. The van der Waals surface area contributed by atoms with Crippen molar-refractivity contribution in [3.63, 3.8) is 0 Å². The van der Waals surface area contributed by atoms with Crippen molar-refractivity contribution in [2.45, 2.75) is 59.4 Å². The number of amides is 1. The largest absolute Gasteiger partial charge is 0.455 e. The van der Waals surface area contributed by atoms with E-state index >= 15 is 0 Å². The Morgan fingerprint density at radius 1 is 1.17 bits per heavy atom. The molecule has 0 unspecified atom stereocenters. The molecule has 24 heavy (non-hydrogen) atoms. The summed E-state index contributed by atoms with van der Waals surface area (Å²) in [6.07, 6.45) is 3.57. The van der Waals surface area contributed by atoms with Crippen LogP contribution in [-0.4, -0.2) is 24.5 Å². The summed E-state index contributed by atoms with van der Waals surface area (Å²) >= 11 is 0. The van der Waals surface area contributed by atoms with Gasteiger partial charge in [-0.1, -0.05) is 44.9 Å². The minimum absolute atomic E-state index is 0.193. The summed E-state index contributed by atoms with van der Waals surface area (Å²) < 4.78 is 5.13. The van der Waals surface area contributed by atoms with E-state index in [9.17, 15) is 9.59 Å². The van der Waals surface area contributed by atoms with Gasteiger partial charge >= 0.3 is 5.97 Å². The van der Waals surface area contributed by atoms with Gasteiger partial charge < -0.3 is 10.1 Å². The van der Waals surface area contributed by atoms with Crippen molar-refractivity contribution in [2.24, 2.45) is 11.8 Å². The zero-order valence-corrected chi connectivity index (χ0v) is 15.2. The van der Waals surface area contributed by atoms with Crippen molar-refractivity contribution in [3.8, 4) is 0 Å². The number of aryl methyl sites for hydroxylation is 2. The summed E-state index contributed by atoms with van der Waals surface area (Å²) in [5.74, 6) is 0.526. The fourth-order valence-electron chi connectivity index (χ4n) is 3.31. The van der Waals surface area contributed by atoms with E-state index in [1.807, 2.05) is 32.0 Å². The van der Waals surface area contributed by atoms with Crippen molar-refractivity contribution >= 4 is 11.9 Å². The van der Waals surface area contributed by atoms with Gasteiger partial charge in [0.25, 0.3) is 5.91 Å². The van der Waals surface area contributed by atoms with Crippen LogP contribution in [0, 0.1) is 25.7 Å². The van der Waals surface area contributed by atoms with Crippen LogP contribution in [0.5, 0.6) is 0 Å². The number of esters is 1. The van der Waals surface area contributed by atoms with Crippen LogP contribution in [0.4, 0.5) is 0 Å². The summed E-state index contributed by atoms with van der Waals surface area (Å²) in [5.41, 5.74) is 3.26. The van der Waals surface area contributed by atoms with Gasteiger partial charge in [-0.3, -0.25) is 9.59 Å². The van der Waals surface area contributed by atoms with Crippen molar-refractivity contribution in [1.82, 2.24) is 5.32 Å². The third-order valence-corrected chi connectivity index (χ3v) is 5.34. The number of rotatable bonds is 5. The molecule has 0 spiro atoms. The second kappa shape index (κ2) is 8.32. The van der Waals surface area contributed by atoms with Gasteiger partial charge in [-0.2, -0.15) is 0 Å². The van der Waals surface area contributed by atoms with Gasteiger partial charge in [0.15, 0.2) is 6.61 Å². The minimum atomic E-state index is -0.363. The Bertz CT molecular complexity index is 597. The van der Waals surface area contributed by atoms with Crippen LogP contribution in [0.3, 0.4) is 0 Å². The Balaban J connectivity index is 1.76. The Hall–Kier alpha value is -1.84. The van der Waals surface area contributed by atoms with Gasteiger partial charge in [-0.15, -0.1) is 0 Å². The average molecular weight is 331 g/mol. The van der Waals surface area contributed by atoms with Crippen molar-refractivity contribution in [2.75, 3.05) is 6.61 Å². The third kappa shape index (κ3) is 5.08. The lowest BCUT2D eigenvalue weighted by Gasteiger charge is -2.34. The molecule has 132 valence electrons. The molecule has 0 aromatic heterocycles. The highest BCUT2D eigenvalue weighted by molar-refractivity contribution is 5.81. The normalized spacial score (nSPS) is 23.6. The molecule has 2 rings (SSSR count). The molecule has 0 heterocycles. The molecular weight excluding hydrogens is 302 g/mol. The number of benzene rings is 1. The van der Waals surface area contributed by atoms with Crippen LogP contribution in [-0.2, 0) is 20.7 Å². The summed E-state index contributed by atoms with van der Waals surface area (Å²) in [5, 5.41) is 3.02. The fraction of sp³-hybridized carbons (Fsp3) is 0.600. The van der Waals surface area contributed by atoms with E-state index in [2.05, 4.69) is 19.2 Å². The Morgan fingerprint density at radius 3 is 2.62 bits per heavy atom. The molecule has 1 aromatic rings. The first-order chi connectivity index (χ1) is 11.4. The van der Waals surface area contributed by atoms with Crippen LogP contribution in [0.1, 0.15) is 49.8 Å². The van der Waals surface area contributed by atoms with E-state index in [0.717, 1.165) is 24.0 Å². The molecule has 1 aromatic carbocycles. The zero-order valence-electron chi connectivity index (χ0n) is 15.2. The maximum Gasteiger partial charge on any atom is 0.310 e. The second-order valence-corrected chi connectivity index (χ2v) is 7.20. The van der Waals surface area contributed by atoms with Gasteiger partial charge in [0, 0.05) is 6.04 Å². The van der Waals surface area contributed by atoms with Gasteiger partial charge in [-0.05, 0) is 48.8 Å². The Morgan fingerprint density at radius 2 is 1.92 bits per heavy atom. The van der Waals surface area contributed by atoms with Crippen molar-refractivity contribution in [3.05, 3.63) is 34.9 Å². The topological polar surface area (TPSA) is 55.4 Å². The molecule has 1 N–H and O–H groups in total. The number of carbonyl (C=O) groups is 2. The monoisotopic (exact) mass is 331 g/mol. The lowest BCUT2D eigenvalue weighted by atomic mass is 9.78. The van der Waals surface area contributed by atoms with Crippen LogP contribution in [0.25, 0.3) is 0 Å². The van der Waals surface area contributed by atoms with E-state index in [0.29, 0.717) is 11.8 Å². The molecule has 1 aliphatic rings. The Kier molecular flexibility index (Phi) is 6.41. The first-order valence-electron chi connectivity index (χ1n) is 8.88. The van der Waals surface area contributed by atoms with E-state index in [1.165, 1.54) is 12.0 Å². The highest BCUT2D eigenvalue weighted by atomic mass is 16.5. The van der Waals surface area contributed by atoms with E-state index in [-0.39, 0.29) is 30.9 Å². The smallest absolute Gasteiger partial charge is 0.310 e. The van der Waals surface area contributed by atoms with E-state index in [1.54, 1.807) is 0 Å². The minimum Gasteiger partial charge on any atom is -0.455 e. The molecule has 1 saturated carbocycles. The van der Waals surface area contributed by atoms with E-state index in [4.69, 9.17) is 4.74 Å². The molecule has 1 fully saturated rings. The molecular formula is C20H29NO3. The second-order valence-electron chi connectivity index (χ2n) is 7.20. The van der Waals surface area contributed by atoms with Crippen molar-refractivity contribution in [1.29, 1.82) is 0 Å². The molecule has 0 aliphatic heterocycles. The molecule has 0 bridgehead atoms. The standard InChI is InChI=1S/C20H29NO3/c1-13-8-9-17(10-15(13)3)11-20(23)24-12-19(22)21-18-7-5-6-14(2)16(18)4/h8-10,14,16,18H,5-7,11-12H2,1-4H3,(H,21,22)/t14-,16+,18+/m1/s1. The van der Waals surface area contributed by atoms with E-state index < -0.39 is 0 Å². The summed E-state index contributed by atoms with van der Waals surface area (Å²) in [4.78, 5) is 24.0. The summed E-state index contributed by atoms with van der Waals surface area (Å²) in [6, 6.07) is 6.10. The van der Waals surface area contributed by atoms with Gasteiger partial charge in [0.05, 0.1) is 6.42 Å². The first-order valence-corrected chi connectivity index (χ1v) is 8.88. The van der Waals surface area contributed by atoms with Crippen LogP contribution in [0.15, 0.2) is 18.2 Å². The fourth-order valence-corrected chi connectivity index (χ4v) is 3.31. The summed E-state index contributed by atoms with van der Waals surface area (Å²) in [7, 11) is 0.